The van der Waals surface area contributed by atoms with E-state index in [-0.39, 0.29) is 5.91 Å². The molecular weight excluding hydrogens is 448 g/mol. The topological polar surface area (TPSA) is 60.0 Å². The van der Waals surface area contributed by atoms with Gasteiger partial charge in [-0.25, -0.2) is 0 Å². The van der Waals surface area contributed by atoms with Crippen molar-refractivity contribution in [3.63, 3.8) is 0 Å². The zero-order valence-electron chi connectivity index (χ0n) is 16.8. The van der Waals surface area contributed by atoms with Gasteiger partial charge in [0.1, 0.15) is 23.4 Å². The number of benzene rings is 3. The Kier molecular flexibility index (Phi) is 5.55. The molecule has 0 fully saturated rings. The monoisotopic (exact) mass is 468 g/mol. The third-order valence-corrected chi connectivity index (χ3v) is 5.55. The smallest absolute Gasteiger partial charge is 0.262 e. The van der Waals surface area contributed by atoms with Crippen LogP contribution in [0.25, 0.3) is 0 Å². The van der Waals surface area contributed by atoms with Crippen LogP contribution in [-0.4, -0.2) is 27.2 Å². The molecule has 0 aliphatic carbocycles. The fourth-order valence-electron chi connectivity index (χ4n) is 3.62. The Bertz CT molecular complexity index is 1100. The average molecular weight is 469 g/mol. The minimum Gasteiger partial charge on any atom is -0.497 e. The van der Waals surface area contributed by atoms with Crippen LogP contribution in [0, 0.1) is 0 Å². The van der Waals surface area contributed by atoms with E-state index in [0.717, 1.165) is 15.7 Å². The van der Waals surface area contributed by atoms with E-state index < -0.39 is 6.17 Å². The van der Waals surface area contributed by atoms with Gasteiger partial charge >= 0.3 is 0 Å². The molecular formula is C23H21BrN2O4. The number of halogens is 1. The van der Waals surface area contributed by atoms with Crippen molar-refractivity contribution in [1.82, 2.24) is 0 Å². The lowest BCUT2D eigenvalue weighted by Crippen LogP contribution is -2.43. The van der Waals surface area contributed by atoms with Crippen LogP contribution < -0.4 is 24.4 Å². The molecule has 0 unspecified atom stereocenters. The maximum Gasteiger partial charge on any atom is 0.262 e. The summed E-state index contributed by atoms with van der Waals surface area (Å²) in [5, 5.41) is 3.49. The van der Waals surface area contributed by atoms with Crippen molar-refractivity contribution in [3.05, 3.63) is 76.3 Å². The summed E-state index contributed by atoms with van der Waals surface area (Å²) in [6.45, 7) is 0. The molecule has 1 amide bonds. The molecule has 0 spiro atoms. The minimum atomic E-state index is -0.512. The molecule has 1 aliphatic rings. The number of nitrogens with one attached hydrogen (secondary N) is 1. The number of carbonyl (C=O) groups excluding carboxylic acids is 1. The fourth-order valence-corrected chi connectivity index (χ4v) is 4.00. The van der Waals surface area contributed by atoms with Crippen LogP contribution in [0.3, 0.4) is 0 Å². The number of fused-ring (bicyclic) bond motifs is 1. The normalized spacial score (nSPS) is 15.3. The standard InChI is InChI=1S/C23H21BrN2O4/c1-28-15-9-10-19(21(13-15)30-3)26-22(17-12-14(24)8-11-20(17)29-2)25-18-7-5-4-6-16(18)23(26)27/h4-13,22,25H,1-3H3/t22-/m1/s1. The predicted octanol–water partition coefficient (Wildman–Crippen LogP) is 5.25. The number of methoxy groups -OCH3 is 3. The second kappa shape index (κ2) is 8.28. The fraction of sp³-hybridized carbons (Fsp3) is 0.174. The molecule has 1 aliphatic heterocycles. The van der Waals surface area contributed by atoms with Crippen molar-refractivity contribution in [1.29, 1.82) is 0 Å². The number of nitrogens with zero attached hydrogens (tertiary/aromatic N) is 1. The highest BCUT2D eigenvalue weighted by Gasteiger charge is 2.37. The van der Waals surface area contributed by atoms with Gasteiger partial charge in [0.2, 0.25) is 0 Å². The number of anilines is 2. The summed E-state index contributed by atoms with van der Waals surface area (Å²) < 4.78 is 17.4. The summed E-state index contributed by atoms with van der Waals surface area (Å²) in [6.07, 6.45) is -0.512. The summed E-state index contributed by atoms with van der Waals surface area (Å²) in [5.41, 5.74) is 2.78. The van der Waals surface area contributed by atoms with Crippen molar-refractivity contribution >= 4 is 33.2 Å². The average Bonchev–Trinajstić information content (AvgIpc) is 2.78. The molecule has 154 valence electrons. The van der Waals surface area contributed by atoms with E-state index >= 15 is 0 Å². The molecule has 0 radical (unpaired) electrons. The Hall–Kier alpha value is -3.19. The highest BCUT2D eigenvalue weighted by atomic mass is 79.9. The van der Waals surface area contributed by atoms with Gasteiger partial charge in [-0.15, -0.1) is 0 Å². The molecule has 1 heterocycles. The summed E-state index contributed by atoms with van der Waals surface area (Å²) in [4.78, 5) is 15.3. The molecule has 1 atom stereocenters. The van der Waals surface area contributed by atoms with Gasteiger partial charge in [-0.3, -0.25) is 9.69 Å². The van der Waals surface area contributed by atoms with E-state index in [1.165, 1.54) is 0 Å². The second-order valence-electron chi connectivity index (χ2n) is 6.69. The van der Waals surface area contributed by atoms with Crippen LogP contribution in [0.15, 0.2) is 65.1 Å². The zero-order valence-corrected chi connectivity index (χ0v) is 18.4. The predicted molar refractivity (Wildman–Crippen MR) is 120 cm³/mol. The molecule has 1 N–H and O–H groups in total. The third-order valence-electron chi connectivity index (χ3n) is 5.06. The van der Waals surface area contributed by atoms with E-state index in [1.807, 2.05) is 48.5 Å². The number of amides is 1. The molecule has 7 heteroatoms. The second-order valence-corrected chi connectivity index (χ2v) is 7.61. The first-order valence-electron chi connectivity index (χ1n) is 9.32. The maximum atomic E-state index is 13.7. The van der Waals surface area contributed by atoms with Gasteiger partial charge in [-0.1, -0.05) is 28.1 Å². The number of rotatable bonds is 5. The van der Waals surface area contributed by atoms with Gasteiger partial charge in [-0.05, 0) is 42.5 Å². The van der Waals surface area contributed by atoms with E-state index in [9.17, 15) is 4.79 Å². The van der Waals surface area contributed by atoms with Gasteiger partial charge in [0.25, 0.3) is 5.91 Å². The highest BCUT2D eigenvalue weighted by molar-refractivity contribution is 9.10. The largest absolute Gasteiger partial charge is 0.497 e. The number of carbonyl (C=O) groups is 1. The number of ether oxygens (including phenoxy) is 3. The van der Waals surface area contributed by atoms with Crippen molar-refractivity contribution in [2.24, 2.45) is 0 Å². The van der Waals surface area contributed by atoms with Crippen molar-refractivity contribution in [3.8, 4) is 17.2 Å². The number of hydrogen-bond acceptors (Lipinski definition) is 5. The Balaban J connectivity index is 1.94. The quantitative estimate of drug-likeness (QED) is 0.554. The molecule has 0 bridgehead atoms. The SMILES string of the molecule is COc1ccc(N2C(=O)c3ccccc3N[C@H]2c2cc(Br)ccc2OC)c(OC)c1. The summed E-state index contributed by atoms with van der Waals surface area (Å²) in [5.74, 6) is 1.70. The van der Waals surface area contributed by atoms with Crippen LogP contribution in [0.1, 0.15) is 22.1 Å². The number of hydrogen-bond donors (Lipinski definition) is 1. The first kappa shape index (κ1) is 20.1. The van der Waals surface area contributed by atoms with Crippen LogP contribution in [-0.2, 0) is 0 Å². The van der Waals surface area contributed by atoms with Crippen LogP contribution in [0.5, 0.6) is 17.2 Å². The van der Waals surface area contributed by atoms with E-state index in [0.29, 0.717) is 28.5 Å². The van der Waals surface area contributed by atoms with E-state index in [4.69, 9.17) is 14.2 Å². The zero-order chi connectivity index (χ0) is 21.3. The molecule has 3 aromatic carbocycles. The molecule has 0 saturated heterocycles. The van der Waals surface area contributed by atoms with Crippen LogP contribution in [0.4, 0.5) is 11.4 Å². The Morgan fingerprint density at radius 2 is 1.67 bits per heavy atom. The molecule has 30 heavy (non-hydrogen) atoms. The van der Waals surface area contributed by atoms with E-state index in [2.05, 4.69) is 21.2 Å². The van der Waals surface area contributed by atoms with Gasteiger partial charge in [0, 0.05) is 21.8 Å². The molecule has 0 saturated carbocycles. The molecule has 6 nitrogen and oxygen atoms in total. The lowest BCUT2D eigenvalue weighted by atomic mass is 10.0. The minimum absolute atomic E-state index is 0.139. The summed E-state index contributed by atoms with van der Waals surface area (Å²) >= 11 is 3.53. The van der Waals surface area contributed by atoms with Gasteiger partial charge in [0.05, 0.1) is 32.6 Å². The van der Waals surface area contributed by atoms with Gasteiger partial charge in [0.15, 0.2) is 0 Å². The lowest BCUT2D eigenvalue weighted by molar-refractivity contribution is 0.0974. The van der Waals surface area contributed by atoms with Crippen molar-refractivity contribution in [2.45, 2.75) is 6.17 Å². The summed E-state index contributed by atoms with van der Waals surface area (Å²) in [7, 11) is 4.78. The van der Waals surface area contributed by atoms with Crippen LogP contribution in [0.2, 0.25) is 0 Å². The Morgan fingerprint density at radius 1 is 0.900 bits per heavy atom. The van der Waals surface area contributed by atoms with Gasteiger partial charge in [-0.2, -0.15) is 0 Å². The highest BCUT2D eigenvalue weighted by Crippen LogP contribution is 2.44. The lowest BCUT2D eigenvalue weighted by Gasteiger charge is -2.39. The first-order valence-corrected chi connectivity index (χ1v) is 10.1. The molecule has 4 rings (SSSR count). The molecule has 3 aromatic rings. The molecule has 0 aromatic heterocycles. The van der Waals surface area contributed by atoms with Crippen LogP contribution >= 0.6 is 15.9 Å². The third kappa shape index (κ3) is 3.45. The Morgan fingerprint density at radius 3 is 2.40 bits per heavy atom. The van der Waals surface area contributed by atoms with Crippen molar-refractivity contribution in [2.75, 3.05) is 31.5 Å². The maximum absolute atomic E-state index is 13.7. The van der Waals surface area contributed by atoms with Gasteiger partial charge < -0.3 is 19.5 Å². The van der Waals surface area contributed by atoms with Crippen molar-refractivity contribution < 1.29 is 19.0 Å². The number of para-hydroxylation sites is 1. The van der Waals surface area contributed by atoms with E-state index in [1.54, 1.807) is 38.4 Å². The first-order chi connectivity index (χ1) is 14.6. The summed E-state index contributed by atoms with van der Waals surface area (Å²) in [6, 6.07) is 18.6. The Labute approximate surface area is 183 Å².